The highest BCUT2D eigenvalue weighted by molar-refractivity contribution is 7.86. The summed E-state index contributed by atoms with van der Waals surface area (Å²) in [5.41, 5.74) is -0.536. The topological polar surface area (TPSA) is 104 Å². The van der Waals surface area contributed by atoms with E-state index in [2.05, 4.69) is 10.0 Å². The molecule has 1 aliphatic rings. The van der Waals surface area contributed by atoms with Crippen LogP contribution in [0.5, 0.6) is 0 Å². The molecule has 2 atom stereocenters. The van der Waals surface area contributed by atoms with E-state index in [-0.39, 0.29) is 23.7 Å². The first-order valence-corrected chi connectivity index (χ1v) is 11.9. The van der Waals surface area contributed by atoms with Gasteiger partial charge in [0.05, 0.1) is 0 Å². The summed E-state index contributed by atoms with van der Waals surface area (Å²) in [7, 11) is -1.52. The summed E-state index contributed by atoms with van der Waals surface area (Å²) in [6.45, 7) is 0.277. The van der Waals surface area contributed by atoms with Gasteiger partial charge in [0.15, 0.2) is 17.5 Å². The van der Waals surface area contributed by atoms with Crippen LogP contribution in [0.15, 0.2) is 29.3 Å². The van der Waals surface area contributed by atoms with Crippen LogP contribution in [0.1, 0.15) is 16.9 Å². The molecule has 3 rings (SSSR count). The summed E-state index contributed by atoms with van der Waals surface area (Å²) in [4.78, 5) is 12.2. The fourth-order valence-corrected chi connectivity index (χ4v) is 5.50. The number of halogens is 3. The molecule has 1 aromatic heterocycles. The molecule has 2 heterocycles. The lowest BCUT2D eigenvalue weighted by Gasteiger charge is -2.20. The van der Waals surface area contributed by atoms with E-state index in [1.54, 1.807) is 0 Å². The second kappa shape index (κ2) is 9.31. The first kappa shape index (κ1) is 24.4. The van der Waals surface area contributed by atoms with E-state index >= 15 is 0 Å². The first-order valence-electron chi connectivity index (χ1n) is 9.38. The van der Waals surface area contributed by atoms with Crippen molar-refractivity contribution in [3.05, 3.63) is 47.5 Å². The molecule has 1 amide bonds. The van der Waals surface area contributed by atoms with Crippen LogP contribution in [0.25, 0.3) is 0 Å². The van der Waals surface area contributed by atoms with Crippen molar-refractivity contribution in [1.29, 1.82) is 0 Å². The van der Waals surface area contributed by atoms with E-state index in [4.69, 9.17) is 0 Å². The Morgan fingerprint density at radius 3 is 2.53 bits per heavy atom. The van der Waals surface area contributed by atoms with E-state index in [1.807, 2.05) is 0 Å². The molecule has 0 radical (unpaired) electrons. The number of hydrogen-bond donors (Lipinski definition) is 2. The second-order valence-corrected chi connectivity index (χ2v) is 10.7. The molecule has 2 aromatic rings. The Balaban J connectivity index is 1.72. The van der Waals surface area contributed by atoms with Crippen LogP contribution in [-0.2, 0) is 28.2 Å². The lowest BCUT2D eigenvalue weighted by molar-refractivity contribution is 0.101. The quantitative estimate of drug-likeness (QED) is 0.605. The first-order chi connectivity index (χ1) is 14.9. The standard InChI is InChI=1S/C18H22F3N5O4S2/c1-24(2)32(29,30)26-7-6-12(9-26)23-31(28)15-10-25(3)17(16(15)21)18(27)22-11-4-5-13(19)14(20)8-11/h4-5,8,10,12,23H,6-7,9H2,1-3H3,(H,22,27). The monoisotopic (exact) mass is 493 g/mol. The zero-order chi connectivity index (χ0) is 23.8. The van der Waals surface area contributed by atoms with Crippen molar-refractivity contribution in [3.63, 3.8) is 0 Å². The van der Waals surface area contributed by atoms with Crippen molar-refractivity contribution >= 4 is 32.8 Å². The zero-order valence-electron chi connectivity index (χ0n) is 17.4. The van der Waals surface area contributed by atoms with Gasteiger partial charge in [0.25, 0.3) is 16.1 Å². The molecule has 0 spiro atoms. The van der Waals surface area contributed by atoms with Gasteiger partial charge < -0.3 is 9.88 Å². The third-order valence-corrected chi connectivity index (χ3v) is 8.03. The SMILES string of the molecule is CN(C)S(=O)(=O)N1CCC(NS(=O)c2cn(C)c(C(=O)Nc3ccc(F)c(F)c3)c2F)C1. The van der Waals surface area contributed by atoms with Crippen molar-refractivity contribution in [3.8, 4) is 0 Å². The van der Waals surface area contributed by atoms with Gasteiger partial charge in [-0.25, -0.2) is 22.1 Å². The smallest absolute Gasteiger partial charge is 0.281 e. The van der Waals surface area contributed by atoms with Crippen LogP contribution in [0.3, 0.4) is 0 Å². The van der Waals surface area contributed by atoms with Gasteiger partial charge in [-0.15, -0.1) is 0 Å². The fourth-order valence-electron chi connectivity index (χ4n) is 3.20. The van der Waals surface area contributed by atoms with Crippen LogP contribution < -0.4 is 10.0 Å². The Kier molecular flexibility index (Phi) is 7.09. The average molecular weight is 494 g/mol. The van der Waals surface area contributed by atoms with Crippen molar-refractivity contribution < 1.29 is 30.6 Å². The molecule has 32 heavy (non-hydrogen) atoms. The summed E-state index contributed by atoms with van der Waals surface area (Å²) in [5.74, 6) is -4.26. The minimum Gasteiger partial charge on any atom is -0.343 e. The Hall–Kier alpha value is -2.26. The Morgan fingerprint density at radius 1 is 1.22 bits per heavy atom. The number of anilines is 1. The van der Waals surface area contributed by atoms with E-state index < -0.39 is 56.3 Å². The molecule has 1 aliphatic heterocycles. The highest BCUT2D eigenvalue weighted by atomic mass is 32.2. The molecule has 2 unspecified atom stereocenters. The van der Waals surface area contributed by atoms with Crippen molar-refractivity contribution in [2.75, 3.05) is 32.5 Å². The van der Waals surface area contributed by atoms with E-state index in [1.165, 1.54) is 31.6 Å². The number of aromatic nitrogens is 1. The summed E-state index contributed by atoms with van der Waals surface area (Å²) < 4.78 is 84.5. The van der Waals surface area contributed by atoms with Crippen molar-refractivity contribution in [2.24, 2.45) is 7.05 Å². The number of nitrogens with one attached hydrogen (secondary N) is 2. The fraction of sp³-hybridized carbons (Fsp3) is 0.389. The lowest BCUT2D eigenvalue weighted by Crippen LogP contribution is -2.41. The van der Waals surface area contributed by atoms with Crippen LogP contribution in [0.2, 0.25) is 0 Å². The van der Waals surface area contributed by atoms with E-state index in [0.29, 0.717) is 6.42 Å². The Labute approximate surface area is 186 Å². The minimum absolute atomic E-state index is 0.0597. The van der Waals surface area contributed by atoms with E-state index in [9.17, 15) is 30.6 Å². The molecule has 1 fully saturated rings. The van der Waals surface area contributed by atoms with Crippen molar-refractivity contribution in [2.45, 2.75) is 17.4 Å². The number of rotatable bonds is 7. The molecular formula is C18H22F3N5O4S2. The number of carbonyl (C=O) groups is 1. The number of carbonyl (C=O) groups excluding carboxylic acids is 1. The maximum atomic E-state index is 14.9. The van der Waals surface area contributed by atoms with Crippen LogP contribution in [-0.4, -0.2) is 64.9 Å². The third-order valence-electron chi connectivity index (χ3n) is 4.89. The molecule has 9 nitrogen and oxygen atoms in total. The number of benzene rings is 1. The zero-order valence-corrected chi connectivity index (χ0v) is 19.1. The molecule has 0 saturated carbocycles. The third kappa shape index (κ3) is 4.88. The second-order valence-electron chi connectivity index (χ2n) is 7.37. The van der Waals surface area contributed by atoms with Gasteiger partial charge in [-0.1, -0.05) is 0 Å². The molecule has 0 bridgehead atoms. The number of hydrogen-bond acceptors (Lipinski definition) is 4. The summed E-state index contributed by atoms with van der Waals surface area (Å²) >= 11 is 0. The maximum absolute atomic E-state index is 14.9. The van der Waals surface area contributed by atoms with Crippen LogP contribution >= 0.6 is 0 Å². The molecule has 1 saturated heterocycles. The van der Waals surface area contributed by atoms with Gasteiger partial charge in [0.2, 0.25) is 0 Å². The predicted molar refractivity (Wildman–Crippen MR) is 112 cm³/mol. The minimum atomic E-state index is -3.62. The molecule has 0 aliphatic carbocycles. The van der Waals surface area contributed by atoms with Gasteiger partial charge in [-0.05, 0) is 18.6 Å². The number of aryl methyl sites for hydroxylation is 1. The van der Waals surface area contributed by atoms with Crippen LogP contribution in [0.4, 0.5) is 18.9 Å². The highest BCUT2D eigenvalue weighted by Crippen LogP contribution is 2.22. The van der Waals surface area contributed by atoms with Gasteiger partial charge >= 0.3 is 0 Å². The van der Waals surface area contributed by atoms with E-state index in [0.717, 1.165) is 27.1 Å². The van der Waals surface area contributed by atoms with Gasteiger partial charge in [0.1, 0.15) is 21.6 Å². The highest BCUT2D eigenvalue weighted by Gasteiger charge is 2.34. The molecule has 14 heteroatoms. The largest absolute Gasteiger partial charge is 0.343 e. The van der Waals surface area contributed by atoms with Crippen LogP contribution in [0, 0.1) is 17.5 Å². The Morgan fingerprint density at radius 2 is 1.91 bits per heavy atom. The van der Waals surface area contributed by atoms with Gasteiger partial charge in [-0.3, -0.25) is 4.79 Å². The molecular weight excluding hydrogens is 471 g/mol. The Bertz CT molecular complexity index is 1170. The predicted octanol–water partition coefficient (Wildman–Crippen LogP) is 1.19. The maximum Gasteiger partial charge on any atom is 0.281 e. The van der Waals surface area contributed by atoms with Gasteiger partial charge in [-0.2, -0.15) is 17.0 Å². The number of nitrogens with zero attached hydrogens (tertiary/aromatic N) is 3. The average Bonchev–Trinajstić information content (AvgIpc) is 3.29. The number of amides is 1. The summed E-state index contributed by atoms with van der Waals surface area (Å²) in [6, 6.07) is 2.20. The molecule has 2 N–H and O–H groups in total. The lowest BCUT2D eigenvalue weighted by atomic mass is 10.3. The normalized spacial score (nSPS) is 18.3. The van der Waals surface area contributed by atoms with Crippen molar-refractivity contribution in [1.82, 2.24) is 17.9 Å². The molecule has 1 aromatic carbocycles. The summed E-state index contributed by atoms with van der Waals surface area (Å²) in [6.07, 6.45) is 1.54. The van der Waals surface area contributed by atoms with Gasteiger partial charge in [0, 0.05) is 58.2 Å². The summed E-state index contributed by atoms with van der Waals surface area (Å²) in [5, 5.41) is 2.26. The molecule has 176 valence electrons.